The second-order valence-electron chi connectivity index (χ2n) is 4.37. The van der Waals surface area contributed by atoms with Crippen LogP contribution in [0.5, 0.6) is 0 Å². The molecule has 1 aliphatic heterocycles. The van der Waals surface area contributed by atoms with Crippen LogP contribution in [0.4, 0.5) is 0 Å². The van der Waals surface area contributed by atoms with Gasteiger partial charge in [-0.25, -0.2) is 0 Å². The molecular weight excluding hydrogens is 166 g/mol. The molecule has 12 heavy (non-hydrogen) atoms. The fourth-order valence-electron chi connectivity index (χ4n) is 2.52. The Balaban J connectivity index is 2.02. The largest absolute Gasteiger partial charge is 0.315 e. The van der Waals surface area contributed by atoms with E-state index in [-0.39, 0.29) is 0 Å². The second-order valence-corrected chi connectivity index (χ2v) is 6.00. The zero-order chi connectivity index (χ0) is 8.60. The molecule has 2 heteroatoms. The van der Waals surface area contributed by atoms with Gasteiger partial charge in [-0.15, -0.1) is 0 Å². The lowest BCUT2D eigenvalue weighted by Crippen LogP contribution is -2.45. The molecule has 2 fully saturated rings. The molecule has 1 nitrogen and oxygen atoms in total. The highest BCUT2D eigenvalue weighted by Crippen LogP contribution is 2.47. The summed E-state index contributed by atoms with van der Waals surface area (Å²) in [6.07, 6.45) is 5.76. The van der Waals surface area contributed by atoms with Crippen molar-refractivity contribution in [2.45, 2.75) is 43.4 Å². The van der Waals surface area contributed by atoms with Gasteiger partial charge in [0.15, 0.2) is 0 Å². The third kappa shape index (κ3) is 1.51. The van der Waals surface area contributed by atoms with Crippen molar-refractivity contribution >= 4 is 11.8 Å². The van der Waals surface area contributed by atoms with Crippen molar-refractivity contribution in [2.75, 3.05) is 12.8 Å². The minimum Gasteiger partial charge on any atom is -0.315 e. The lowest BCUT2D eigenvalue weighted by molar-refractivity contribution is 0.388. The molecule has 2 aliphatic rings. The van der Waals surface area contributed by atoms with Crippen LogP contribution in [0.3, 0.4) is 0 Å². The molecule has 1 N–H and O–H groups in total. The third-order valence-electron chi connectivity index (χ3n) is 3.31. The van der Waals surface area contributed by atoms with Gasteiger partial charge in [-0.05, 0) is 51.3 Å². The Bertz CT molecular complexity index is 159. The normalized spacial score (nSPS) is 38.5. The van der Waals surface area contributed by atoms with Gasteiger partial charge in [-0.1, -0.05) is 0 Å². The van der Waals surface area contributed by atoms with Crippen molar-refractivity contribution < 1.29 is 0 Å². The van der Waals surface area contributed by atoms with Gasteiger partial charge in [-0.2, -0.15) is 11.8 Å². The quantitative estimate of drug-likeness (QED) is 0.724. The molecule has 2 rings (SSSR count). The van der Waals surface area contributed by atoms with Gasteiger partial charge in [-0.3, -0.25) is 0 Å². The molecule has 2 atom stereocenters. The van der Waals surface area contributed by atoms with Crippen LogP contribution in [0.1, 0.15) is 32.6 Å². The molecule has 0 spiro atoms. The summed E-state index contributed by atoms with van der Waals surface area (Å²) in [5, 5.41) is 3.53. The van der Waals surface area contributed by atoms with Crippen LogP contribution >= 0.6 is 11.8 Å². The van der Waals surface area contributed by atoms with Crippen LogP contribution in [0.25, 0.3) is 0 Å². The topological polar surface area (TPSA) is 12.0 Å². The van der Waals surface area contributed by atoms with Gasteiger partial charge >= 0.3 is 0 Å². The number of hydrogen-bond donors (Lipinski definition) is 1. The van der Waals surface area contributed by atoms with Gasteiger partial charge in [0.1, 0.15) is 0 Å². The molecule has 1 saturated heterocycles. The van der Waals surface area contributed by atoms with Crippen molar-refractivity contribution in [3.63, 3.8) is 0 Å². The van der Waals surface area contributed by atoms with Crippen LogP contribution in [0, 0.1) is 5.92 Å². The molecular formula is C10H19NS. The molecule has 0 aromatic carbocycles. The summed E-state index contributed by atoms with van der Waals surface area (Å²) >= 11 is 2.18. The van der Waals surface area contributed by atoms with E-state index in [4.69, 9.17) is 0 Å². The number of nitrogens with one attached hydrogen (secondary N) is 1. The Labute approximate surface area is 79.7 Å². The minimum absolute atomic E-state index is 0.552. The molecule has 70 valence electrons. The Hall–Kier alpha value is 0.310. The van der Waals surface area contributed by atoms with Crippen molar-refractivity contribution in [1.29, 1.82) is 0 Å². The molecule has 0 aromatic rings. The highest BCUT2D eigenvalue weighted by molar-refractivity contribution is 8.00. The summed E-state index contributed by atoms with van der Waals surface area (Å²) in [5.74, 6) is 2.37. The zero-order valence-corrected chi connectivity index (χ0v) is 8.91. The fourth-order valence-corrected chi connectivity index (χ4v) is 4.05. The first-order chi connectivity index (χ1) is 5.76. The minimum atomic E-state index is 0.552. The van der Waals surface area contributed by atoms with Gasteiger partial charge in [0.2, 0.25) is 0 Å². The maximum Gasteiger partial charge on any atom is 0.0287 e. The summed E-state index contributed by atoms with van der Waals surface area (Å²) in [5.41, 5.74) is 0. The van der Waals surface area contributed by atoms with Gasteiger partial charge in [0.05, 0.1) is 0 Å². The van der Waals surface area contributed by atoms with Crippen molar-refractivity contribution in [3.05, 3.63) is 0 Å². The van der Waals surface area contributed by atoms with E-state index >= 15 is 0 Å². The zero-order valence-electron chi connectivity index (χ0n) is 8.10. The van der Waals surface area contributed by atoms with Crippen LogP contribution in [0.2, 0.25) is 0 Å². The summed E-state index contributed by atoms with van der Waals surface area (Å²) in [4.78, 5) is 0. The standard InChI is InChI=1S/C10H19NS/c1-10(6-3-7-12-10)9(11-2)8-4-5-8/h8-9,11H,3-7H2,1-2H3. The number of rotatable bonds is 3. The van der Waals surface area contributed by atoms with E-state index < -0.39 is 0 Å². The van der Waals surface area contributed by atoms with E-state index in [9.17, 15) is 0 Å². The summed E-state index contributed by atoms with van der Waals surface area (Å²) in [6.45, 7) is 2.45. The van der Waals surface area contributed by atoms with Gasteiger partial charge in [0.25, 0.3) is 0 Å². The highest BCUT2D eigenvalue weighted by Gasteiger charge is 2.44. The van der Waals surface area contributed by atoms with Crippen LogP contribution < -0.4 is 5.32 Å². The van der Waals surface area contributed by atoms with Crippen LogP contribution in [-0.2, 0) is 0 Å². The maximum atomic E-state index is 3.53. The summed E-state index contributed by atoms with van der Waals surface area (Å²) < 4.78 is 0.552. The van der Waals surface area contributed by atoms with E-state index in [1.807, 2.05) is 0 Å². The predicted octanol–water partition coefficient (Wildman–Crippen LogP) is 2.27. The van der Waals surface area contributed by atoms with Crippen molar-refractivity contribution in [2.24, 2.45) is 5.92 Å². The van der Waals surface area contributed by atoms with Crippen LogP contribution in [0.15, 0.2) is 0 Å². The Morgan fingerprint density at radius 2 is 2.25 bits per heavy atom. The number of thioether (sulfide) groups is 1. The first-order valence-corrected chi connectivity index (χ1v) is 6.06. The SMILES string of the molecule is CNC(C1CC1)C1(C)CCCS1. The Morgan fingerprint density at radius 1 is 1.50 bits per heavy atom. The fraction of sp³-hybridized carbons (Fsp3) is 1.00. The Morgan fingerprint density at radius 3 is 2.67 bits per heavy atom. The van der Waals surface area contributed by atoms with Crippen LogP contribution in [-0.4, -0.2) is 23.6 Å². The smallest absolute Gasteiger partial charge is 0.0287 e. The van der Waals surface area contributed by atoms with E-state index in [2.05, 4.69) is 31.1 Å². The van der Waals surface area contributed by atoms with Gasteiger partial charge in [0, 0.05) is 10.8 Å². The maximum absolute atomic E-state index is 3.53. The monoisotopic (exact) mass is 185 g/mol. The molecule has 0 radical (unpaired) electrons. The Kier molecular flexibility index (Phi) is 2.39. The lowest BCUT2D eigenvalue weighted by atomic mass is 9.92. The van der Waals surface area contributed by atoms with Crippen molar-refractivity contribution in [1.82, 2.24) is 5.32 Å². The average molecular weight is 185 g/mol. The van der Waals surface area contributed by atoms with Crippen molar-refractivity contribution in [3.8, 4) is 0 Å². The van der Waals surface area contributed by atoms with E-state index in [1.54, 1.807) is 0 Å². The molecule has 1 saturated carbocycles. The average Bonchev–Trinajstić information content (AvgIpc) is 2.77. The molecule has 2 unspecified atom stereocenters. The molecule has 1 heterocycles. The lowest BCUT2D eigenvalue weighted by Gasteiger charge is -2.33. The number of hydrogen-bond acceptors (Lipinski definition) is 2. The summed E-state index contributed by atoms with van der Waals surface area (Å²) in [6, 6.07) is 0.782. The van der Waals surface area contributed by atoms with E-state index in [0.29, 0.717) is 4.75 Å². The second kappa shape index (κ2) is 3.22. The third-order valence-corrected chi connectivity index (χ3v) is 4.92. The first-order valence-electron chi connectivity index (χ1n) is 5.07. The first kappa shape index (κ1) is 8.89. The van der Waals surface area contributed by atoms with Gasteiger partial charge < -0.3 is 5.32 Å². The predicted molar refractivity (Wildman–Crippen MR) is 55.7 cm³/mol. The molecule has 1 aliphatic carbocycles. The molecule has 0 aromatic heterocycles. The molecule has 0 amide bonds. The van der Waals surface area contributed by atoms with E-state index in [0.717, 1.165) is 12.0 Å². The summed E-state index contributed by atoms with van der Waals surface area (Å²) in [7, 11) is 2.13. The van der Waals surface area contributed by atoms with E-state index in [1.165, 1.54) is 31.4 Å². The highest BCUT2D eigenvalue weighted by atomic mass is 32.2. The molecule has 0 bridgehead atoms.